The Morgan fingerprint density at radius 1 is 1.24 bits per heavy atom. The van der Waals surface area contributed by atoms with Crippen molar-refractivity contribution in [2.45, 2.75) is 32.4 Å². The molecule has 2 heterocycles. The number of hydrogen-bond acceptors (Lipinski definition) is 6. The van der Waals surface area contributed by atoms with Gasteiger partial charge >= 0.3 is 6.18 Å². The van der Waals surface area contributed by atoms with E-state index in [1.54, 1.807) is 0 Å². The number of anilines is 1. The summed E-state index contributed by atoms with van der Waals surface area (Å²) >= 11 is 0. The standard InChI is InChI=1S/C23H27F4N5O2/c1-3-4-5-6-31(2)15-29-20-12-17(19(24)11-16(20)14-33)21-28-13-18(23(25,26)27)22(30-21)32-7-9-34-10-8-32/h11-15H,3-10H2,1-2H3. The molecule has 0 saturated carbocycles. The molecule has 1 aliphatic heterocycles. The van der Waals surface area contributed by atoms with Crippen LogP contribution in [-0.4, -0.2) is 67.4 Å². The van der Waals surface area contributed by atoms with E-state index >= 15 is 0 Å². The first-order chi connectivity index (χ1) is 16.2. The third kappa shape index (κ3) is 6.28. The van der Waals surface area contributed by atoms with Crippen molar-refractivity contribution < 1.29 is 27.1 Å². The van der Waals surface area contributed by atoms with Crippen molar-refractivity contribution in [3.05, 3.63) is 35.3 Å². The summed E-state index contributed by atoms with van der Waals surface area (Å²) in [7, 11) is 1.83. The van der Waals surface area contributed by atoms with Crippen LogP contribution < -0.4 is 4.90 Å². The molecule has 1 saturated heterocycles. The van der Waals surface area contributed by atoms with E-state index in [1.807, 2.05) is 11.9 Å². The third-order valence-electron chi connectivity index (χ3n) is 5.38. The molecule has 1 aliphatic rings. The van der Waals surface area contributed by atoms with Crippen LogP contribution in [-0.2, 0) is 10.9 Å². The predicted molar refractivity (Wildman–Crippen MR) is 121 cm³/mol. The summed E-state index contributed by atoms with van der Waals surface area (Å²) in [6.45, 7) is 3.79. The van der Waals surface area contributed by atoms with E-state index < -0.39 is 17.6 Å². The van der Waals surface area contributed by atoms with Crippen LogP contribution in [0.4, 0.5) is 29.1 Å². The second-order valence-corrected chi connectivity index (χ2v) is 7.97. The summed E-state index contributed by atoms with van der Waals surface area (Å²) in [5, 5.41) is 0. The first-order valence-electron chi connectivity index (χ1n) is 11.0. The summed E-state index contributed by atoms with van der Waals surface area (Å²) < 4.78 is 60.9. The Hall–Kier alpha value is -3.08. The van der Waals surface area contributed by atoms with E-state index in [2.05, 4.69) is 21.9 Å². The number of alkyl halides is 3. The fourth-order valence-corrected chi connectivity index (χ4v) is 3.50. The number of nitrogens with zero attached hydrogens (tertiary/aromatic N) is 5. The van der Waals surface area contributed by atoms with Crippen LogP contribution in [0.25, 0.3) is 11.4 Å². The van der Waals surface area contributed by atoms with E-state index in [4.69, 9.17) is 4.74 Å². The van der Waals surface area contributed by atoms with Crippen LogP contribution in [0.5, 0.6) is 0 Å². The quantitative estimate of drug-likeness (QED) is 0.170. The molecule has 1 aromatic carbocycles. The third-order valence-corrected chi connectivity index (χ3v) is 5.38. The van der Waals surface area contributed by atoms with E-state index in [1.165, 1.54) is 17.3 Å². The molecule has 3 rings (SSSR count). The number of hydrogen-bond donors (Lipinski definition) is 0. The Labute approximate surface area is 195 Å². The van der Waals surface area contributed by atoms with Crippen LogP contribution in [0, 0.1) is 5.82 Å². The van der Waals surface area contributed by atoms with E-state index in [0.29, 0.717) is 12.5 Å². The van der Waals surface area contributed by atoms with Crippen molar-refractivity contribution in [3.63, 3.8) is 0 Å². The van der Waals surface area contributed by atoms with Gasteiger partial charge in [-0.15, -0.1) is 0 Å². The zero-order chi connectivity index (χ0) is 24.7. The minimum Gasteiger partial charge on any atom is -0.378 e. The molecule has 0 atom stereocenters. The van der Waals surface area contributed by atoms with Crippen LogP contribution in [0.2, 0.25) is 0 Å². The summed E-state index contributed by atoms with van der Waals surface area (Å²) in [6, 6.07) is 2.27. The minimum atomic E-state index is -4.68. The predicted octanol–water partition coefficient (Wildman–Crippen LogP) is 4.73. The summed E-state index contributed by atoms with van der Waals surface area (Å²) in [6.07, 6.45) is 1.10. The van der Waals surface area contributed by atoms with Crippen molar-refractivity contribution in [1.29, 1.82) is 0 Å². The van der Waals surface area contributed by atoms with Crippen LogP contribution in [0.15, 0.2) is 23.3 Å². The topological polar surface area (TPSA) is 70.9 Å². The summed E-state index contributed by atoms with van der Waals surface area (Å²) in [5.74, 6) is -1.39. The maximum Gasteiger partial charge on any atom is 0.421 e. The number of morpholine rings is 1. The fraction of sp³-hybridized carbons (Fsp3) is 0.478. The molecule has 0 bridgehead atoms. The van der Waals surface area contributed by atoms with E-state index in [9.17, 15) is 22.4 Å². The van der Waals surface area contributed by atoms with Crippen molar-refractivity contribution in [3.8, 4) is 11.4 Å². The molecule has 2 aromatic rings. The molecule has 34 heavy (non-hydrogen) atoms. The van der Waals surface area contributed by atoms with Gasteiger partial charge in [0.1, 0.15) is 17.2 Å². The highest BCUT2D eigenvalue weighted by molar-refractivity contribution is 5.86. The zero-order valence-corrected chi connectivity index (χ0v) is 19.1. The highest BCUT2D eigenvalue weighted by Gasteiger charge is 2.37. The van der Waals surface area contributed by atoms with Crippen molar-refractivity contribution >= 4 is 24.1 Å². The maximum absolute atomic E-state index is 14.9. The SMILES string of the molecule is CCCCCN(C)C=Nc1cc(-c2ncc(C(F)(F)F)c(N3CCOCC3)n2)c(F)cc1C=O. The van der Waals surface area contributed by atoms with Gasteiger partial charge in [0.2, 0.25) is 0 Å². The lowest BCUT2D eigenvalue weighted by molar-refractivity contribution is -0.137. The smallest absolute Gasteiger partial charge is 0.378 e. The molecule has 0 spiro atoms. The molecule has 0 unspecified atom stereocenters. The summed E-state index contributed by atoms with van der Waals surface area (Å²) in [5.41, 5.74) is -0.963. The minimum absolute atomic E-state index is 0.0137. The van der Waals surface area contributed by atoms with Gasteiger partial charge in [0, 0.05) is 38.4 Å². The largest absolute Gasteiger partial charge is 0.421 e. The van der Waals surface area contributed by atoms with Gasteiger partial charge in [-0.05, 0) is 18.6 Å². The molecular formula is C23H27F4N5O2. The number of benzene rings is 1. The Balaban J connectivity index is 2.00. The number of carbonyl (C=O) groups excluding carboxylic acids is 1. The first kappa shape index (κ1) is 25.5. The van der Waals surface area contributed by atoms with Gasteiger partial charge in [-0.2, -0.15) is 13.2 Å². The highest BCUT2D eigenvalue weighted by atomic mass is 19.4. The molecule has 0 amide bonds. The Morgan fingerprint density at radius 3 is 2.62 bits per heavy atom. The fourth-order valence-electron chi connectivity index (χ4n) is 3.50. The second-order valence-electron chi connectivity index (χ2n) is 7.97. The van der Waals surface area contributed by atoms with Crippen molar-refractivity contribution in [2.24, 2.45) is 4.99 Å². The van der Waals surface area contributed by atoms with Gasteiger partial charge in [0.05, 0.1) is 30.8 Å². The number of unbranched alkanes of at least 4 members (excludes halogenated alkanes) is 2. The molecule has 1 aromatic heterocycles. The molecule has 0 N–H and O–H groups in total. The maximum atomic E-state index is 14.9. The Morgan fingerprint density at radius 2 is 1.97 bits per heavy atom. The first-order valence-corrected chi connectivity index (χ1v) is 11.0. The number of aliphatic imine (C=N–C) groups is 1. The number of aldehydes is 1. The van der Waals surface area contributed by atoms with Crippen LogP contribution >= 0.6 is 0 Å². The molecule has 11 heteroatoms. The van der Waals surface area contributed by atoms with Gasteiger partial charge in [-0.3, -0.25) is 4.79 Å². The van der Waals surface area contributed by atoms with Crippen molar-refractivity contribution in [2.75, 3.05) is 44.8 Å². The van der Waals surface area contributed by atoms with E-state index in [0.717, 1.165) is 31.9 Å². The lowest BCUT2D eigenvalue weighted by atomic mass is 10.1. The number of aromatic nitrogens is 2. The average Bonchev–Trinajstić information content (AvgIpc) is 2.82. The zero-order valence-electron chi connectivity index (χ0n) is 19.1. The van der Waals surface area contributed by atoms with Crippen LogP contribution in [0.3, 0.4) is 0 Å². The monoisotopic (exact) mass is 481 g/mol. The molecule has 184 valence electrons. The molecular weight excluding hydrogens is 454 g/mol. The lowest BCUT2D eigenvalue weighted by Gasteiger charge is -2.30. The average molecular weight is 481 g/mol. The Bertz CT molecular complexity index is 1020. The second kappa shape index (κ2) is 11.4. The number of ether oxygens (including phenoxy) is 1. The van der Waals surface area contributed by atoms with Gasteiger partial charge in [-0.25, -0.2) is 19.4 Å². The number of halogens is 4. The van der Waals surface area contributed by atoms with Gasteiger partial charge < -0.3 is 14.5 Å². The highest BCUT2D eigenvalue weighted by Crippen LogP contribution is 2.37. The molecule has 0 radical (unpaired) electrons. The molecule has 1 fully saturated rings. The summed E-state index contributed by atoms with van der Waals surface area (Å²) in [4.78, 5) is 26.9. The molecule has 7 nitrogen and oxygen atoms in total. The lowest BCUT2D eigenvalue weighted by Crippen LogP contribution is -2.38. The molecule has 0 aliphatic carbocycles. The number of rotatable bonds is 9. The van der Waals surface area contributed by atoms with Gasteiger partial charge in [0.25, 0.3) is 0 Å². The normalized spacial score (nSPS) is 14.6. The van der Waals surface area contributed by atoms with Crippen molar-refractivity contribution in [1.82, 2.24) is 14.9 Å². The number of carbonyl (C=O) groups is 1. The van der Waals surface area contributed by atoms with Crippen LogP contribution in [0.1, 0.15) is 42.1 Å². The van der Waals surface area contributed by atoms with Gasteiger partial charge in [-0.1, -0.05) is 19.8 Å². The van der Waals surface area contributed by atoms with Gasteiger partial charge in [0.15, 0.2) is 12.1 Å². The van der Waals surface area contributed by atoms with E-state index in [-0.39, 0.29) is 54.8 Å². The Kier molecular flexibility index (Phi) is 8.54.